The molecule has 22 heavy (non-hydrogen) atoms. The molecule has 0 radical (unpaired) electrons. The summed E-state index contributed by atoms with van der Waals surface area (Å²) < 4.78 is 40.0. The van der Waals surface area contributed by atoms with Crippen LogP contribution in [0.15, 0.2) is 29.2 Å². The number of benzene rings is 1. The van der Waals surface area contributed by atoms with Gasteiger partial charge in [-0.15, -0.1) is 0 Å². The van der Waals surface area contributed by atoms with Crippen LogP contribution < -0.4 is 0 Å². The minimum atomic E-state index is -3.65. The fourth-order valence-corrected chi connectivity index (χ4v) is 3.15. The van der Waals surface area contributed by atoms with Gasteiger partial charge in [0.25, 0.3) is 10.1 Å². The van der Waals surface area contributed by atoms with E-state index in [9.17, 15) is 8.42 Å². The first-order valence-electron chi connectivity index (χ1n) is 7.77. The maximum atomic E-state index is 12.0. The van der Waals surface area contributed by atoms with Gasteiger partial charge in [-0.2, -0.15) is 8.42 Å². The predicted molar refractivity (Wildman–Crippen MR) is 83.1 cm³/mol. The Bertz CT molecular complexity index is 532. The summed E-state index contributed by atoms with van der Waals surface area (Å²) in [6.07, 6.45) is 4.48. The molecule has 1 saturated heterocycles. The number of hydrogen-bond acceptors (Lipinski definition) is 5. The van der Waals surface area contributed by atoms with Crippen molar-refractivity contribution in [3.63, 3.8) is 0 Å². The fourth-order valence-electron chi connectivity index (χ4n) is 2.20. The zero-order chi connectivity index (χ0) is 15.8. The molecule has 1 aromatic carbocycles. The molecule has 0 bridgehead atoms. The Hall–Kier alpha value is -0.950. The number of aryl methyl sites for hydroxylation is 1. The Kier molecular flexibility index (Phi) is 6.82. The van der Waals surface area contributed by atoms with Crippen LogP contribution in [0.25, 0.3) is 0 Å². The predicted octanol–water partition coefficient (Wildman–Crippen LogP) is 3.02. The van der Waals surface area contributed by atoms with Gasteiger partial charge in [-0.1, -0.05) is 17.7 Å². The minimum absolute atomic E-state index is 0.0917. The molecule has 1 unspecified atom stereocenters. The van der Waals surface area contributed by atoms with Crippen LogP contribution in [0.1, 0.15) is 37.7 Å². The van der Waals surface area contributed by atoms with Crippen molar-refractivity contribution in [2.24, 2.45) is 0 Å². The lowest BCUT2D eigenvalue weighted by molar-refractivity contribution is -0.162. The van der Waals surface area contributed by atoms with Crippen LogP contribution in [-0.4, -0.2) is 34.5 Å². The topological polar surface area (TPSA) is 61.8 Å². The number of ether oxygens (including phenoxy) is 2. The zero-order valence-electron chi connectivity index (χ0n) is 13.0. The smallest absolute Gasteiger partial charge is 0.296 e. The summed E-state index contributed by atoms with van der Waals surface area (Å²) in [5, 5.41) is 0. The van der Waals surface area contributed by atoms with E-state index in [4.69, 9.17) is 13.7 Å². The standard InChI is InChI=1S/C16H24O5S/c1-14-7-9-15(10-8-14)22(17,18)21-13-5-4-12-20-16-6-2-3-11-19-16/h7-10,16H,2-6,11-13H2,1H3. The van der Waals surface area contributed by atoms with Crippen molar-refractivity contribution in [2.75, 3.05) is 19.8 Å². The molecule has 124 valence electrons. The molecule has 6 heteroatoms. The normalized spacial score (nSPS) is 19.2. The molecule has 1 atom stereocenters. The Labute approximate surface area is 132 Å². The second-order valence-electron chi connectivity index (χ2n) is 5.46. The van der Waals surface area contributed by atoms with E-state index in [1.165, 1.54) is 0 Å². The maximum Gasteiger partial charge on any atom is 0.296 e. The monoisotopic (exact) mass is 328 g/mol. The third kappa shape index (κ3) is 5.68. The van der Waals surface area contributed by atoms with Crippen molar-refractivity contribution >= 4 is 10.1 Å². The first-order chi connectivity index (χ1) is 10.6. The van der Waals surface area contributed by atoms with E-state index in [1.807, 2.05) is 6.92 Å². The summed E-state index contributed by atoms with van der Waals surface area (Å²) in [6, 6.07) is 6.64. The van der Waals surface area contributed by atoms with Gasteiger partial charge < -0.3 is 9.47 Å². The molecule has 1 aliphatic heterocycles. The van der Waals surface area contributed by atoms with Gasteiger partial charge in [-0.3, -0.25) is 4.18 Å². The van der Waals surface area contributed by atoms with Crippen LogP contribution in [0.2, 0.25) is 0 Å². The lowest BCUT2D eigenvalue weighted by Gasteiger charge is -2.22. The largest absolute Gasteiger partial charge is 0.353 e. The van der Waals surface area contributed by atoms with E-state index < -0.39 is 10.1 Å². The molecule has 1 aromatic rings. The number of rotatable bonds is 8. The molecule has 0 aliphatic carbocycles. The Morgan fingerprint density at radius 3 is 2.55 bits per heavy atom. The lowest BCUT2D eigenvalue weighted by atomic mass is 10.2. The summed E-state index contributed by atoms with van der Waals surface area (Å²) >= 11 is 0. The van der Waals surface area contributed by atoms with Crippen molar-refractivity contribution in [2.45, 2.75) is 50.2 Å². The second-order valence-corrected chi connectivity index (χ2v) is 7.08. The maximum absolute atomic E-state index is 12.0. The van der Waals surface area contributed by atoms with E-state index in [1.54, 1.807) is 24.3 Å². The highest BCUT2D eigenvalue weighted by Crippen LogP contribution is 2.15. The van der Waals surface area contributed by atoms with Crippen LogP contribution >= 0.6 is 0 Å². The molecule has 0 amide bonds. The molecular formula is C16H24O5S. The average molecular weight is 328 g/mol. The van der Waals surface area contributed by atoms with Crippen molar-refractivity contribution in [1.29, 1.82) is 0 Å². The first-order valence-corrected chi connectivity index (χ1v) is 9.18. The van der Waals surface area contributed by atoms with Gasteiger partial charge in [0.2, 0.25) is 0 Å². The van der Waals surface area contributed by atoms with Crippen LogP contribution in [0.4, 0.5) is 0 Å². The fraction of sp³-hybridized carbons (Fsp3) is 0.625. The second kappa shape index (κ2) is 8.62. The van der Waals surface area contributed by atoms with E-state index in [2.05, 4.69) is 0 Å². The summed E-state index contributed by atoms with van der Waals surface area (Å²) in [4.78, 5) is 0.199. The van der Waals surface area contributed by atoms with Gasteiger partial charge in [0.1, 0.15) is 0 Å². The van der Waals surface area contributed by atoms with Crippen molar-refractivity contribution < 1.29 is 22.1 Å². The molecule has 0 aromatic heterocycles. The Morgan fingerprint density at radius 2 is 1.86 bits per heavy atom. The van der Waals surface area contributed by atoms with E-state index in [-0.39, 0.29) is 17.8 Å². The first kappa shape index (κ1) is 17.4. The Morgan fingerprint density at radius 1 is 1.14 bits per heavy atom. The quantitative estimate of drug-likeness (QED) is 0.542. The average Bonchev–Trinajstić information content (AvgIpc) is 2.52. The summed E-state index contributed by atoms with van der Waals surface area (Å²) in [6.45, 7) is 3.42. The van der Waals surface area contributed by atoms with Crippen molar-refractivity contribution in [3.8, 4) is 0 Å². The lowest BCUT2D eigenvalue weighted by Crippen LogP contribution is -2.22. The van der Waals surface area contributed by atoms with Gasteiger partial charge in [0.05, 0.1) is 11.5 Å². The third-order valence-corrected chi connectivity index (χ3v) is 4.85. The van der Waals surface area contributed by atoms with E-state index in [0.29, 0.717) is 13.0 Å². The SMILES string of the molecule is Cc1ccc(S(=O)(=O)OCCCCOC2CCCCO2)cc1. The van der Waals surface area contributed by atoms with Crippen LogP contribution in [0.3, 0.4) is 0 Å². The molecule has 0 saturated carbocycles. The number of unbranched alkanes of at least 4 members (excludes halogenated alkanes) is 1. The van der Waals surface area contributed by atoms with Gasteiger partial charge in [0, 0.05) is 13.2 Å². The summed E-state index contributed by atoms with van der Waals surface area (Å²) in [7, 11) is -3.65. The van der Waals surface area contributed by atoms with Crippen LogP contribution in [0, 0.1) is 6.92 Å². The molecule has 1 heterocycles. The summed E-state index contributed by atoms with van der Waals surface area (Å²) in [5.41, 5.74) is 1.01. The van der Waals surface area contributed by atoms with Crippen LogP contribution in [-0.2, 0) is 23.8 Å². The van der Waals surface area contributed by atoms with Crippen molar-refractivity contribution in [3.05, 3.63) is 29.8 Å². The molecule has 2 rings (SSSR count). The van der Waals surface area contributed by atoms with Gasteiger partial charge in [0.15, 0.2) is 6.29 Å². The minimum Gasteiger partial charge on any atom is -0.353 e. The molecule has 5 nitrogen and oxygen atoms in total. The third-order valence-electron chi connectivity index (χ3n) is 3.53. The molecular weight excluding hydrogens is 304 g/mol. The van der Waals surface area contributed by atoms with Crippen LogP contribution in [0.5, 0.6) is 0 Å². The van der Waals surface area contributed by atoms with Crippen molar-refractivity contribution in [1.82, 2.24) is 0 Å². The molecule has 1 aliphatic rings. The molecule has 1 fully saturated rings. The van der Waals surface area contributed by atoms with E-state index in [0.717, 1.165) is 37.9 Å². The van der Waals surface area contributed by atoms with Gasteiger partial charge in [-0.05, 0) is 51.2 Å². The van der Waals surface area contributed by atoms with Gasteiger partial charge >= 0.3 is 0 Å². The molecule has 0 N–H and O–H groups in total. The number of hydrogen-bond donors (Lipinski definition) is 0. The Balaban J connectivity index is 1.62. The van der Waals surface area contributed by atoms with E-state index >= 15 is 0 Å². The molecule has 0 spiro atoms. The highest BCUT2D eigenvalue weighted by atomic mass is 32.2. The van der Waals surface area contributed by atoms with Gasteiger partial charge in [-0.25, -0.2) is 0 Å². The highest BCUT2D eigenvalue weighted by Gasteiger charge is 2.15. The highest BCUT2D eigenvalue weighted by molar-refractivity contribution is 7.86. The zero-order valence-corrected chi connectivity index (χ0v) is 13.8. The summed E-state index contributed by atoms with van der Waals surface area (Å²) in [5.74, 6) is 0.